The van der Waals surface area contributed by atoms with E-state index in [0.717, 1.165) is 18.9 Å². The Morgan fingerprint density at radius 2 is 1.96 bits per heavy atom. The molecule has 1 aliphatic carbocycles. The number of halogens is 1. The number of hydrogen-bond acceptors (Lipinski definition) is 1. The number of fused-ring (bicyclic) bond motifs is 1. The van der Waals surface area contributed by atoms with Gasteiger partial charge in [0.1, 0.15) is 0 Å². The van der Waals surface area contributed by atoms with E-state index in [4.69, 9.17) is 0 Å². The van der Waals surface area contributed by atoms with Crippen LogP contribution < -0.4 is 10.6 Å². The van der Waals surface area contributed by atoms with Crippen LogP contribution in [0, 0.1) is 6.92 Å². The lowest BCUT2D eigenvalue weighted by molar-refractivity contribution is 0.781. The lowest BCUT2D eigenvalue weighted by Gasteiger charge is -2.12. The molecular formula is C22H27IN4. The van der Waals surface area contributed by atoms with E-state index in [1.807, 2.05) is 7.05 Å². The second kappa shape index (κ2) is 8.78. The Hall–Kier alpha value is -2.02. The second-order valence-corrected chi connectivity index (χ2v) is 7.06. The molecule has 142 valence electrons. The van der Waals surface area contributed by atoms with Crippen LogP contribution in [-0.4, -0.2) is 30.6 Å². The zero-order valence-corrected chi connectivity index (χ0v) is 18.2. The minimum atomic E-state index is 0. The van der Waals surface area contributed by atoms with Crippen LogP contribution >= 0.6 is 24.0 Å². The van der Waals surface area contributed by atoms with Crippen molar-refractivity contribution in [3.63, 3.8) is 0 Å². The van der Waals surface area contributed by atoms with Gasteiger partial charge in [-0.25, -0.2) is 0 Å². The molecule has 3 N–H and O–H groups in total. The largest absolute Gasteiger partial charge is 0.361 e. The van der Waals surface area contributed by atoms with Gasteiger partial charge in [-0.1, -0.05) is 48.5 Å². The molecule has 2 unspecified atom stereocenters. The molecule has 5 heteroatoms. The minimum absolute atomic E-state index is 0. The number of H-pyrrole nitrogens is 1. The molecule has 3 aromatic rings. The third-order valence-electron chi connectivity index (χ3n) is 5.26. The number of benzene rings is 2. The summed E-state index contributed by atoms with van der Waals surface area (Å²) >= 11 is 0. The molecule has 1 heterocycles. The van der Waals surface area contributed by atoms with Gasteiger partial charge in [-0.05, 0) is 36.5 Å². The smallest absolute Gasteiger partial charge is 0.191 e. The lowest BCUT2D eigenvalue weighted by atomic mass is 10.1. The Labute approximate surface area is 177 Å². The summed E-state index contributed by atoms with van der Waals surface area (Å²) in [6.07, 6.45) is 4.27. The number of aromatic amines is 1. The quantitative estimate of drug-likeness (QED) is 0.293. The van der Waals surface area contributed by atoms with Crippen molar-refractivity contribution in [2.24, 2.45) is 4.99 Å². The summed E-state index contributed by atoms with van der Waals surface area (Å²) in [6, 6.07) is 17.7. The summed E-state index contributed by atoms with van der Waals surface area (Å²) in [7, 11) is 1.84. The third kappa shape index (κ3) is 4.46. The van der Waals surface area contributed by atoms with E-state index >= 15 is 0 Å². The summed E-state index contributed by atoms with van der Waals surface area (Å²) in [4.78, 5) is 7.78. The maximum absolute atomic E-state index is 4.38. The zero-order chi connectivity index (χ0) is 17.9. The predicted molar refractivity (Wildman–Crippen MR) is 124 cm³/mol. The van der Waals surface area contributed by atoms with E-state index in [1.165, 1.54) is 34.0 Å². The fourth-order valence-electron chi connectivity index (χ4n) is 3.68. The lowest BCUT2D eigenvalue weighted by Crippen LogP contribution is -2.39. The highest BCUT2D eigenvalue weighted by Gasteiger charge is 2.38. The second-order valence-electron chi connectivity index (χ2n) is 7.06. The summed E-state index contributed by atoms with van der Waals surface area (Å²) in [5.74, 6) is 1.50. The Morgan fingerprint density at radius 3 is 2.74 bits per heavy atom. The first-order valence-electron chi connectivity index (χ1n) is 9.34. The summed E-state index contributed by atoms with van der Waals surface area (Å²) in [6.45, 7) is 3.01. The molecule has 0 aliphatic heterocycles. The van der Waals surface area contributed by atoms with Gasteiger partial charge in [0, 0.05) is 42.7 Å². The monoisotopic (exact) mass is 474 g/mol. The standard InChI is InChI=1S/C22H26N4.HI/c1-15-7-6-10-18-17(14-25-21(15)18)11-12-24-22(23-2)26-20-13-19(20)16-8-4-3-5-9-16;/h3-10,14,19-20,25H,11-13H2,1-2H3,(H2,23,24,26);1H. The summed E-state index contributed by atoms with van der Waals surface area (Å²) in [5, 5.41) is 8.32. The number of para-hydroxylation sites is 1. The molecular weight excluding hydrogens is 447 g/mol. The van der Waals surface area contributed by atoms with Gasteiger partial charge in [0.25, 0.3) is 0 Å². The van der Waals surface area contributed by atoms with E-state index in [9.17, 15) is 0 Å². The molecule has 0 bridgehead atoms. The molecule has 27 heavy (non-hydrogen) atoms. The molecule has 0 radical (unpaired) electrons. The minimum Gasteiger partial charge on any atom is -0.361 e. The first kappa shape index (κ1) is 19.7. The van der Waals surface area contributed by atoms with Gasteiger partial charge in [-0.2, -0.15) is 0 Å². The van der Waals surface area contributed by atoms with E-state index in [1.54, 1.807) is 0 Å². The third-order valence-corrected chi connectivity index (χ3v) is 5.26. The van der Waals surface area contributed by atoms with Crippen LogP contribution in [0.25, 0.3) is 10.9 Å². The van der Waals surface area contributed by atoms with Gasteiger partial charge in [0.05, 0.1) is 0 Å². The van der Waals surface area contributed by atoms with E-state index in [2.05, 4.69) is 82.3 Å². The van der Waals surface area contributed by atoms with Crippen molar-refractivity contribution in [1.29, 1.82) is 0 Å². The maximum Gasteiger partial charge on any atom is 0.191 e. The fraction of sp³-hybridized carbons (Fsp3) is 0.318. The van der Waals surface area contributed by atoms with Gasteiger partial charge in [-0.15, -0.1) is 24.0 Å². The van der Waals surface area contributed by atoms with Crippen molar-refractivity contribution in [2.75, 3.05) is 13.6 Å². The van der Waals surface area contributed by atoms with Gasteiger partial charge in [0.15, 0.2) is 5.96 Å². The normalized spacial score (nSPS) is 18.8. The number of aromatic nitrogens is 1. The molecule has 1 fully saturated rings. The van der Waals surface area contributed by atoms with Gasteiger partial charge < -0.3 is 15.6 Å². The number of guanidine groups is 1. The number of hydrogen-bond donors (Lipinski definition) is 3. The fourth-order valence-corrected chi connectivity index (χ4v) is 3.68. The average molecular weight is 474 g/mol. The highest BCUT2D eigenvalue weighted by molar-refractivity contribution is 14.0. The van der Waals surface area contributed by atoms with E-state index in [0.29, 0.717) is 12.0 Å². The molecule has 0 saturated heterocycles. The Bertz CT molecular complexity index is 916. The number of rotatable bonds is 5. The molecule has 2 aromatic carbocycles. The zero-order valence-electron chi connectivity index (χ0n) is 15.8. The first-order valence-corrected chi connectivity index (χ1v) is 9.34. The van der Waals surface area contributed by atoms with Crippen LogP contribution in [0.15, 0.2) is 59.7 Å². The van der Waals surface area contributed by atoms with Crippen molar-refractivity contribution in [2.45, 2.75) is 31.7 Å². The number of aryl methyl sites for hydroxylation is 1. The molecule has 1 saturated carbocycles. The highest BCUT2D eigenvalue weighted by atomic mass is 127. The molecule has 4 rings (SSSR count). The molecule has 1 aromatic heterocycles. The van der Waals surface area contributed by atoms with Gasteiger partial charge in [-0.3, -0.25) is 4.99 Å². The van der Waals surface area contributed by atoms with Gasteiger partial charge >= 0.3 is 0 Å². The van der Waals surface area contributed by atoms with Crippen LogP contribution in [0.5, 0.6) is 0 Å². The highest BCUT2D eigenvalue weighted by Crippen LogP contribution is 2.40. The SMILES string of the molecule is CN=C(NCCc1c[nH]c2c(C)cccc12)NC1CC1c1ccccc1.I. The van der Waals surface area contributed by atoms with Crippen LogP contribution in [0.2, 0.25) is 0 Å². The topological polar surface area (TPSA) is 52.2 Å². The Balaban J connectivity index is 0.00000210. The van der Waals surface area contributed by atoms with Crippen LogP contribution in [-0.2, 0) is 6.42 Å². The average Bonchev–Trinajstić information content (AvgIpc) is 3.32. The van der Waals surface area contributed by atoms with Crippen LogP contribution in [0.3, 0.4) is 0 Å². The number of nitrogens with one attached hydrogen (secondary N) is 3. The van der Waals surface area contributed by atoms with Crippen molar-refractivity contribution >= 4 is 40.8 Å². The number of aliphatic imine (C=N–C) groups is 1. The summed E-state index contributed by atoms with van der Waals surface area (Å²) in [5.41, 5.74) is 5.29. The maximum atomic E-state index is 4.38. The van der Waals surface area contributed by atoms with Crippen molar-refractivity contribution in [1.82, 2.24) is 15.6 Å². The molecule has 4 nitrogen and oxygen atoms in total. The van der Waals surface area contributed by atoms with Crippen molar-refractivity contribution < 1.29 is 0 Å². The van der Waals surface area contributed by atoms with Gasteiger partial charge in [0.2, 0.25) is 0 Å². The Morgan fingerprint density at radius 1 is 1.15 bits per heavy atom. The first-order chi connectivity index (χ1) is 12.8. The van der Waals surface area contributed by atoms with Crippen LogP contribution in [0.4, 0.5) is 0 Å². The molecule has 1 aliphatic rings. The molecule has 2 atom stereocenters. The molecule has 0 amide bonds. The summed E-state index contributed by atoms with van der Waals surface area (Å²) < 4.78 is 0. The number of nitrogens with zero attached hydrogens (tertiary/aromatic N) is 1. The van der Waals surface area contributed by atoms with Crippen molar-refractivity contribution in [3.05, 3.63) is 71.4 Å². The molecule has 0 spiro atoms. The van der Waals surface area contributed by atoms with E-state index in [-0.39, 0.29) is 24.0 Å². The van der Waals surface area contributed by atoms with Crippen molar-refractivity contribution in [3.8, 4) is 0 Å². The van der Waals surface area contributed by atoms with Crippen LogP contribution in [0.1, 0.15) is 29.0 Å². The van der Waals surface area contributed by atoms with E-state index < -0.39 is 0 Å². The Kier molecular flexibility index (Phi) is 6.42. The predicted octanol–water partition coefficient (Wildman–Crippen LogP) is 4.36.